The summed E-state index contributed by atoms with van der Waals surface area (Å²) in [6, 6.07) is 19.5. The van der Waals surface area contributed by atoms with Crippen LogP contribution in [-0.4, -0.2) is 55.9 Å². The SMILES string of the molecule is CCC(=O)C1(c2cccc(C)c2)CCN(C)CC1.Cc1cccc(C2(C#N)CCN(C)CC2)c1. The van der Waals surface area contributed by atoms with Crippen LogP contribution in [0, 0.1) is 25.2 Å². The number of nitriles is 1. The molecule has 0 saturated carbocycles. The van der Waals surface area contributed by atoms with Gasteiger partial charge in [-0.25, -0.2) is 0 Å². The maximum atomic E-state index is 12.5. The highest BCUT2D eigenvalue weighted by atomic mass is 16.1. The first-order valence-electron chi connectivity index (χ1n) is 12.7. The maximum Gasteiger partial charge on any atom is 0.143 e. The van der Waals surface area contributed by atoms with Gasteiger partial charge in [-0.15, -0.1) is 0 Å². The van der Waals surface area contributed by atoms with Crippen molar-refractivity contribution in [3.8, 4) is 6.07 Å². The van der Waals surface area contributed by atoms with Gasteiger partial charge in [0.25, 0.3) is 0 Å². The summed E-state index contributed by atoms with van der Waals surface area (Å²) in [6.07, 6.45) is 4.45. The zero-order valence-electron chi connectivity index (χ0n) is 21.7. The van der Waals surface area contributed by atoms with E-state index in [9.17, 15) is 10.1 Å². The lowest BCUT2D eigenvalue weighted by atomic mass is 9.69. The van der Waals surface area contributed by atoms with Crippen molar-refractivity contribution in [3.63, 3.8) is 0 Å². The predicted molar refractivity (Wildman–Crippen MR) is 140 cm³/mol. The zero-order valence-corrected chi connectivity index (χ0v) is 21.7. The Bertz CT molecular complexity index is 1010. The fourth-order valence-electron chi connectivity index (χ4n) is 5.42. The number of aryl methyl sites for hydroxylation is 2. The molecular weight excluding hydrogens is 418 g/mol. The second-order valence-corrected chi connectivity index (χ2v) is 10.4. The van der Waals surface area contributed by atoms with Crippen LogP contribution in [-0.2, 0) is 15.6 Å². The van der Waals surface area contributed by atoms with Crippen molar-refractivity contribution in [2.45, 2.75) is 63.7 Å². The molecule has 4 rings (SSSR count). The highest BCUT2D eigenvalue weighted by molar-refractivity contribution is 5.90. The summed E-state index contributed by atoms with van der Waals surface area (Å²) in [6.45, 7) is 10.2. The third-order valence-corrected chi connectivity index (χ3v) is 7.89. The van der Waals surface area contributed by atoms with Gasteiger partial charge in [-0.1, -0.05) is 66.6 Å². The zero-order chi connectivity index (χ0) is 24.8. The van der Waals surface area contributed by atoms with Crippen molar-refractivity contribution in [2.24, 2.45) is 0 Å². The number of rotatable bonds is 4. The van der Waals surface area contributed by atoms with Crippen LogP contribution in [0.2, 0.25) is 0 Å². The van der Waals surface area contributed by atoms with E-state index in [0.29, 0.717) is 12.2 Å². The van der Waals surface area contributed by atoms with Crippen LogP contribution in [0.3, 0.4) is 0 Å². The van der Waals surface area contributed by atoms with Gasteiger partial charge < -0.3 is 9.80 Å². The van der Waals surface area contributed by atoms with Crippen LogP contribution < -0.4 is 0 Å². The molecule has 0 bridgehead atoms. The molecule has 4 nitrogen and oxygen atoms in total. The number of nitrogens with zero attached hydrogens (tertiary/aromatic N) is 3. The normalized spacial score (nSPS) is 20.0. The molecule has 0 N–H and O–H groups in total. The molecule has 0 atom stereocenters. The van der Waals surface area contributed by atoms with Gasteiger partial charge in [-0.3, -0.25) is 4.79 Å². The van der Waals surface area contributed by atoms with E-state index in [1.807, 2.05) is 6.92 Å². The summed E-state index contributed by atoms with van der Waals surface area (Å²) in [7, 11) is 4.26. The molecule has 2 aromatic carbocycles. The van der Waals surface area contributed by atoms with Gasteiger partial charge in [0, 0.05) is 6.42 Å². The highest BCUT2D eigenvalue weighted by Crippen LogP contribution is 2.37. The molecular formula is C30H41N3O. The number of Topliss-reactive ketones (excluding diaryl/α,β-unsaturated/α-hetero) is 1. The number of carbonyl (C=O) groups is 1. The molecule has 2 heterocycles. The molecule has 2 aliphatic heterocycles. The molecule has 182 valence electrons. The average Bonchev–Trinajstić information content (AvgIpc) is 2.85. The van der Waals surface area contributed by atoms with Crippen LogP contribution in [0.15, 0.2) is 48.5 Å². The number of hydrogen-bond acceptors (Lipinski definition) is 4. The first-order chi connectivity index (χ1) is 16.2. The molecule has 0 spiro atoms. The van der Waals surface area contributed by atoms with Gasteiger partial charge in [0.05, 0.1) is 16.9 Å². The van der Waals surface area contributed by atoms with E-state index in [1.54, 1.807) is 0 Å². The summed E-state index contributed by atoms with van der Waals surface area (Å²) in [5.74, 6) is 0.404. The quantitative estimate of drug-likeness (QED) is 0.613. The van der Waals surface area contributed by atoms with Gasteiger partial charge in [0.1, 0.15) is 5.78 Å². The standard InChI is InChI=1S/C16H23NO.C14H18N2/c1-4-15(18)16(8-10-17(3)11-9-16)14-7-5-6-13(2)12-14;1-12-4-3-5-13(10-12)14(11-15)6-8-16(2)9-7-14/h5-7,12H,4,8-11H2,1-3H3;3-5,10H,6-9H2,1-2H3. The monoisotopic (exact) mass is 459 g/mol. The van der Waals surface area contributed by atoms with E-state index < -0.39 is 0 Å². The number of hydrogen-bond donors (Lipinski definition) is 0. The van der Waals surface area contributed by atoms with Crippen LogP contribution in [0.1, 0.15) is 61.3 Å². The number of ketones is 1. The van der Waals surface area contributed by atoms with Crippen molar-refractivity contribution in [1.82, 2.24) is 9.80 Å². The van der Waals surface area contributed by atoms with Crippen LogP contribution >= 0.6 is 0 Å². The molecule has 0 unspecified atom stereocenters. The minimum atomic E-state index is -0.251. The Hall–Kier alpha value is -2.48. The largest absolute Gasteiger partial charge is 0.306 e. The lowest BCUT2D eigenvalue weighted by Crippen LogP contribution is -2.46. The van der Waals surface area contributed by atoms with Gasteiger partial charge in [0.2, 0.25) is 0 Å². The van der Waals surface area contributed by atoms with Crippen LogP contribution in [0.5, 0.6) is 0 Å². The minimum Gasteiger partial charge on any atom is -0.306 e. The Labute approximate surface area is 206 Å². The van der Waals surface area contributed by atoms with Gasteiger partial charge in [-0.05, 0) is 90.9 Å². The summed E-state index contributed by atoms with van der Waals surface area (Å²) in [5.41, 5.74) is 4.43. The molecule has 0 amide bonds. The molecule has 0 aromatic heterocycles. The Morgan fingerprint density at radius 2 is 1.32 bits per heavy atom. The van der Waals surface area contributed by atoms with E-state index >= 15 is 0 Å². The first-order valence-corrected chi connectivity index (χ1v) is 12.7. The molecule has 0 radical (unpaired) electrons. The van der Waals surface area contributed by atoms with E-state index in [4.69, 9.17) is 0 Å². The molecule has 2 aromatic rings. The highest BCUT2D eigenvalue weighted by Gasteiger charge is 2.41. The van der Waals surface area contributed by atoms with Crippen molar-refractivity contribution in [3.05, 3.63) is 70.8 Å². The molecule has 34 heavy (non-hydrogen) atoms. The lowest BCUT2D eigenvalue weighted by molar-refractivity contribution is -0.126. The molecule has 4 heteroatoms. The fourth-order valence-corrected chi connectivity index (χ4v) is 5.42. The second kappa shape index (κ2) is 11.3. The average molecular weight is 460 g/mol. The third kappa shape index (κ3) is 5.77. The third-order valence-electron chi connectivity index (χ3n) is 7.89. The number of likely N-dealkylation sites (tertiary alicyclic amines) is 2. The lowest BCUT2D eigenvalue weighted by Gasteiger charge is -2.40. The smallest absolute Gasteiger partial charge is 0.143 e. The second-order valence-electron chi connectivity index (χ2n) is 10.4. The molecule has 0 aliphatic carbocycles. The van der Waals surface area contributed by atoms with E-state index in [0.717, 1.165) is 51.9 Å². The predicted octanol–water partition coefficient (Wildman–Crippen LogP) is 5.42. The number of carbonyl (C=O) groups excluding carboxylic acids is 1. The van der Waals surface area contributed by atoms with Gasteiger partial charge in [0.15, 0.2) is 0 Å². The van der Waals surface area contributed by atoms with Crippen molar-refractivity contribution >= 4 is 5.78 Å². The van der Waals surface area contributed by atoms with Crippen molar-refractivity contribution in [1.29, 1.82) is 5.26 Å². The van der Waals surface area contributed by atoms with Crippen LogP contribution in [0.4, 0.5) is 0 Å². The Kier molecular flexibility index (Phi) is 8.68. The Balaban J connectivity index is 0.000000192. The van der Waals surface area contributed by atoms with Crippen LogP contribution in [0.25, 0.3) is 0 Å². The molecule has 2 aliphatic rings. The van der Waals surface area contributed by atoms with E-state index in [1.165, 1.54) is 22.3 Å². The van der Waals surface area contributed by atoms with Gasteiger partial charge >= 0.3 is 0 Å². The summed E-state index contributed by atoms with van der Waals surface area (Å²) < 4.78 is 0. The minimum absolute atomic E-state index is 0.229. The van der Waals surface area contributed by atoms with Crippen molar-refractivity contribution < 1.29 is 4.79 Å². The summed E-state index contributed by atoms with van der Waals surface area (Å²) in [4.78, 5) is 17.1. The summed E-state index contributed by atoms with van der Waals surface area (Å²) in [5, 5.41) is 9.50. The Morgan fingerprint density at radius 3 is 1.79 bits per heavy atom. The number of piperidine rings is 2. The number of benzene rings is 2. The molecule has 2 saturated heterocycles. The van der Waals surface area contributed by atoms with E-state index in [-0.39, 0.29) is 10.8 Å². The first kappa shape index (κ1) is 26.1. The van der Waals surface area contributed by atoms with Crippen molar-refractivity contribution in [2.75, 3.05) is 40.3 Å². The Morgan fingerprint density at radius 1 is 0.853 bits per heavy atom. The summed E-state index contributed by atoms with van der Waals surface area (Å²) >= 11 is 0. The maximum absolute atomic E-state index is 12.5. The van der Waals surface area contributed by atoms with Gasteiger partial charge in [-0.2, -0.15) is 5.26 Å². The topological polar surface area (TPSA) is 47.3 Å². The fraction of sp³-hybridized carbons (Fsp3) is 0.533. The molecule has 2 fully saturated rings. The van der Waals surface area contributed by atoms with E-state index in [2.05, 4.69) is 92.3 Å².